The molecule has 1 unspecified atom stereocenters. The van der Waals surface area contributed by atoms with Gasteiger partial charge < -0.3 is 5.11 Å². The Labute approximate surface area is 115 Å². The van der Waals surface area contributed by atoms with Gasteiger partial charge in [-0.3, -0.25) is 0 Å². The van der Waals surface area contributed by atoms with Crippen LogP contribution in [0.25, 0.3) is 0 Å². The first-order valence-corrected chi connectivity index (χ1v) is 6.23. The quantitative estimate of drug-likeness (QED) is 0.894. The summed E-state index contributed by atoms with van der Waals surface area (Å²) in [5.74, 6) is -1.07. The zero-order valence-electron chi connectivity index (χ0n) is 10.3. The van der Waals surface area contributed by atoms with Crippen LogP contribution in [0.2, 0.25) is 5.02 Å². The molecule has 0 spiro atoms. The topological polar surface area (TPSA) is 20.2 Å². The zero-order chi connectivity index (χ0) is 14.0. The number of rotatable bonds is 3. The molecule has 100 valence electrons. The lowest BCUT2D eigenvalue weighted by Crippen LogP contribution is -2.05. The third-order valence-electron chi connectivity index (χ3n) is 2.94. The van der Waals surface area contributed by atoms with E-state index in [2.05, 4.69) is 0 Å². The molecule has 1 N–H and O–H groups in total. The molecule has 2 rings (SSSR count). The summed E-state index contributed by atoms with van der Waals surface area (Å²) in [6.45, 7) is 1.88. The number of hydrogen-bond acceptors (Lipinski definition) is 1. The molecule has 0 bridgehead atoms. The summed E-state index contributed by atoms with van der Waals surface area (Å²) >= 11 is 6.03. The lowest BCUT2D eigenvalue weighted by Gasteiger charge is -2.14. The van der Waals surface area contributed by atoms with E-state index < -0.39 is 17.7 Å². The van der Waals surface area contributed by atoms with E-state index in [-0.39, 0.29) is 12.0 Å². The van der Waals surface area contributed by atoms with Crippen LogP contribution in [0.4, 0.5) is 8.78 Å². The molecule has 1 nitrogen and oxygen atoms in total. The van der Waals surface area contributed by atoms with Gasteiger partial charge in [0, 0.05) is 11.4 Å². The van der Waals surface area contributed by atoms with Gasteiger partial charge in [-0.25, -0.2) is 8.78 Å². The Kier molecular flexibility index (Phi) is 4.17. The minimum atomic E-state index is -0.968. The maximum atomic E-state index is 13.5. The Morgan fingerprint density at radius 3 is 2.58 bits per heavy atom. The fourth-order valence-electron chi connectivity index (χ4n) is 1.92. The molecule has 0 aliphatic heterocycles. The molecule has 2 aromatic rings. The highest BCUT2D eigenvalue weighted by molar-refractivity contribution is 6.31. The first-order chi connectivity index (χ1) is 8.97. The fourth-order valence-corrected chi connectivity index (χ4v) is 2.28. The number of aliphatic hydroxyl groups excluding tert-OH is 1. The van der Waals surface area contributed by atoms with Gasteiger partial charge in [-0.15, -0.1) is 0 Å². The van der Waals surface area contributed by atoms with E-state index in [1.54, 1.807) is 12.1 Å². The van der Waals surface area contributed by atoms with Gasteiger partial charge in [0.05, 0.1) is 6.10 Å². The highest BCUT2D eigenvalue weighted by Gasteiger charge is 2.15. The average molecular weight is 283 g/mol. The van der Waals surface area contributed by atoms with E-state index >= 15 is 0 Å². The number of benzene rings is 2. The van der Waals surface area contributed by atoms with Crippen molar-refractivity contribution in [3.63, 3.8) is 0 Å². The molecule has 0 aliphatic carbocycles. The molecule has 0 aliphatic rings. The summed E-state index contributed by atoms with van der Waals surface area (Å²) in [4.78, 5) is 0. The largest absolute Gasteiger partial charge is 0.388 e. The molecule has 0 heterocycles. The Morgan fingerprint density at radius 1 is 1.16 bits per heavy atom. The van der Waals surface area contributed by atoms with Crippen LogP contribution >= 0.6 is 11.6 Å². The Balaban J connectivity index is 2.25. The Bertz CT molecular complexity index is 599. The number of aliphatic hydroxyl groups is 1. The van der Waals surface area contributed by atoms with Crippen molar-refractivity contribution in [3.8, 4) is 0 Å². The lowest BCUT2D eigenvalue weighted by atomic mass is 10.00. The molecule has 0 fully saturated rings. The molecule has 4 heteroatoms. The van der Waals surface area contributed by atoms with Crippen LogP contribution < -0.4 is 0 Å². The normalized spacial score (nSPS) is 12.5. The second kappa shape index (κ2) is 5.68. The van der Waals surface area contributed by atoms with Gasteiger partial charge in [-0.05, 0) is 47.9 Å². The molecule has 1 atom stereocenters. The third-order valence-corrected chi connectivity index (χ3v) is 3.26. The highest BCUT2D eigenvalue weighted by Crippen LogP contribution is 2.27. The second-order valence-electron chi connectivity index (χ2n) is 4.48. The smallest absolute Gasteiger partial charge is 0.126 e. The van der Waals surface area contributed by atoms with E-state index in [0.717, 1.165) is 23.8 Å². The first kappa shape index (κ1) is 14.0. The molecule has 0 aromatic heterocycles. The molecule has 0 radical (unpaired) electrons. The zero-order valence-corrected chi connectivity index (χ0v) is 11.1. The van der Waals surface area contributed by atoms with E-state index in [0.29, 0.717) is 10.6 Å². The van der Waals surface area contributed by atoms with E-state index in [1.165, 1.54) is 0 Å². The van der Waals surface area contributed by atoms with Crippen LogP contribution in [0.15, 0.2) is 36.4 Å². The van der Waals surface area contributed by atoms with Crippen molar-refractivity contribution >= 4 is 11.6 Å². The average Bonchev–Trinajstić information content (AvgIpc) is 2.33. The predicted molar refractivity (Wildman–Crippen MR) is 71.2 cm³/mol. The second-order valence-corrected chi connectivity index (χ2v) is 4.89. The van der Waals surface area contributed by atoms with Gasteiger partial charge in [0.15, 0.2) is 0 Å². The third kappa shape index (κ3) is 3.31. The van der Waals surface area contributed by atoms with Gasteiger partial charge >= 0.3 is 0 Å². The molecule has 2 aromatic carbocycles. The molecular formula is C15H13ClF2O. The number of hydrogen-bond donors (Lipinski definition) is 1. The summed E-state index contributed by atoms with van der Waals surface area (Å²) in [5, 5.41) is 10.5. The molecular weight excluding hydrogens is 270 g/mol. The summed E-state index contributed by atoms with van der Waals surface area (Å²) in [6, 6.07) is 8.41. The summed E-state index contributed by atoms with van der Waals surface area (Å²) in [7, 11) is 0. The van der Waals surface area contributed by atoms with Gasteiger partial charge in [0.2, 0.25) is 0 Å². The molecule has 0 saturated carbocycles. The van der Waals surface area contributed by atoms with Gasteiger partial charge in [-0.1, -0.05) is 23.7 Å². The number of aryl methyl sites for hydroxylation is 1. The number of halogens is 3. The maximum absolute atomic E-state index is 13.5. The van der Waals surface area contributed by atoms with E-state index in [9.17, 15) is 13.9 Å². The maximum Gasteiger partial charge on any atom is 0.126 e. The van der Waals surface area contributed by atoms with Gasteiger partial charge in [0.1, 0.15) is 11.6 Å². The van der Waals surface area contributed by atoms with Crippen LogP contribution in [-0.2, 0) is 6.42 Å². The Morgan fingerprint density at radius 2 is 1.89 bits per heavy atom. The van der Waals surface area contributed by atoms with Gasteiger partial charge in [0.25, 0.3) is 0 Å². The van der Waals surface area contributed by atoms with Crippen LogP contribution in [0.3, 0.4) is 0 Å². The van der Waals surface area contributed by atoms with Crippen molar-refractivity contribution < 1.29 is 13.9 Å². The Hall–Kier alpha value is -1.45. The first-order valence-electron chi connectivity index (χ1n) is 5.85. The van der Waals surface area contributed by atoms with Crippen LogP contribution in [0.5, 0.6) is 0 Å². The minimum Gasteiger partial charge on any atom is -0.388 e. The van der Waals surface area contributed by atoms with Crippen molar-refractivity contribution in [2.75, 3.05) is 0 Å². The van der Waals surface area contributed by atoms with Crippen molar-refractivity contribution in [1.29, 1.82) is 0 Å². The van der Waals surface area contributed by atoms with Crippen molar-refractivity contribution in [2.45, 2.75) is 19.4 Å². The van der Waals surface area contributed by atoms with Crippen LogP contribution in [0, 0.1) is 18.6 Å². The minimum absolute atomic E-state index is 0.0215. The fraction of sp³-hybridized carbons (Fsp3) is 0.200. The van der Waals surface area contributed by atoms with Crippen molar-refractivity contribution in [3.05, 3.63) is 69.7 Å². The SMILES string of the molecule is Cc1ccc(C(O)Cc2cc(F)ccc2F)c(Cl)c1. The van der Waals surface area contributed by atoms with Crippen LogP contribution in [0.1, 0.15) is 22.8 Å². The van der Waals surface area contributed by atoms with Crippen LogP contribution in [-0.4, -0.2) is 5.11 Å². The van der Waals surface area contributed by atoms with Gasteiger partial charge in [-0.2, -0.15) is 0 Å². The van der Waals surface area contributed by atoms with Crippen molar-refractivity contribution in [1.82, 2.24) is 0 Å². The summed E-state index contributed by atoms with van der Waals surface area (Å²) < 4.78 is 26.6. The monoisotopic (exact) mass is 282 g/mol. The van der Waals surface area contributed by atoms with E-state index in [1.807, 2.05) is 13.0 Å². The lowest BCUT2D eigenvalue weighted by molar-refractivity contribution is 0.177. The summed E-state index contributed by atoms with van der Waals surface area (Å²) in [6.07, 6.45) is -0.990. The van der Waals surface area contributed by atoms with E-state index in [4.69, 9.17) is 11.6 Å². The predicted octanol–water partition coefficient (Wildman–Crippen LogP) is 4.20. The molecule has 0 saturated heterocycles. The standard InChI is InChI=1S/C15H13ClF2O/c1-9-2-4-12(13(16)6-9)15(19)8-10-7-11(17)3-5-14(10)18/h2-7,15,19H,8H2,1H3. The highest BCUT2D eigenvalue weighted by atomic mass is 35.5. The summed E-state index contributed by atoms with van der Waals surface area (Å²) in [5.41, 5.74) is 1.61. The van der Waals surface area contributed by atoms with Crippen molar-refractivity contribution in [2.24, 2.45) is 0 Å². The molecule has 0 amide bonds. The molecule has 19 heavy (non-hydrogen) atoms.